The van der Waals surface area contributed by atoms with Crippen molar-refractivity contribution < 1.29 is 20.1 Å². The van der Waals surface area contributed by atoms with E-state index in [0.29, 0.717) is 36.1 Å². The van der Waals surface area contributed by atoms with Crippen LogP contribution in [-0.4, -0.2) is 63.6 Å². The van der Waals surface area contributed by atoms with Gasteiger partial charge in [-0.25, -0.2) is 9.10 Å². The topological polar surface area (TPSA) is 105 Å². The van der Waals surface area contributed by atoms with E-state index in [0.717, 1.165) is 76.8 Å². The SMILES string of the molecule is CCC(C)CCCN(CC)SNC(=O)NCC[C@@H](C)[C@H]1CC[C@H]2C3[C@H](O)[C@H](CC)C4C[C@H](O)CCC4(C)[C@H]3C[C@H](O)[C@]12C. The molecule has 0 bridgehead atoms. The summed E-state index contributed by atoms with van der Waals surface area (Å²) >= 11 is 1.41. The van der Waals surface area contributed by atoms with Gasteiger partial charge in [-0.15, -0.1) is 0 Å². The van der Waals surface area contributed by atoms with Crippen molar-refractivity contribution in [3.05, 3.63) is 0 Å². The molecule has 13 atom stereocenters. The van der Waals surface area contributed by atoms with Gasteiger partial charge in [-0.3, -0.25) is 4.72 Å². The zero-order chi connectivity index (χ0) is 31.5. The number of urea groups is 1. The summed E-state index contributed by atoms with van der Waals surface area (Å²) in [5.74, 6) is 2.90. The van der Waals surface area contributed by atoms with Crippen molar-refractivity contribution in [2.75, 3.05) is 19.6 Å². The molecular weight excluding hydrogens is 558 g/mol. The van der Waals surface area contributed by atoms with Crippen LogP contribution in [0.4, 0.5) is 4.79 Å². The average Bonchev–Trinajstić information content (AvgIpc) is 3.34. The second kappa shape index (κ2) is 14.9. The lowest BCUT2D eigenvalue weighted by Crippen LogP contribution is -2.65. The van der Waals surface area contributed by atoms with Crippen molar-refractivity contribution in [3.63, 3.8) is 0 Å². The number of hydrogen-bond donors (Lipinski definition) is 5. The van der Waals surface area contributed by atoms with Gasteiger partial charge in [0.15, 0.2) is 0 Å². The third-order valence-electron chi connectivity index (χ3n) is 13.6. The van der Waals surface area contributed by atoms with E-state index in [4.69, 9.17) is 0 Å². The van der Waals surface area contributed by atoms with E-state index in [9.17, 15) is 20.1 Å². The van der Waals surface area contributed by atoms with Crippen LogP contribution in [0.25, 0.3) is 0 Å². The minimum absolute atomic E-state index is 0.0758. The quantitative estimate of drug-likeness (QED) is 0.148. The number of fused-ring (bicyclic) bond motifs is 5. The highest BCUT2D eigenvalue weighted by Gasteiger charge is 2.67. The Hall–Kier alpha value is -0.540. The summed E-state index contributed by atoms with van der Waals surface area (Å²) in [6.07, 6.45) is 9.96. The van der Waals surface area contributed by atoms with Crippen molar-refractivity contribution in [2.45, 2.75) is 137 Å². The van der Waals surface area contributed by atoms with E-state index in [-0.39, 0.29) is 47.0 Å². The van der Waals surface area contributed by atoms with Gasteiger partial charge >= 0.3 is 6.03 Å². The molecule has 2 amide bonds. The second-order valence-corrected chi connectivity index (χ2v) is 16.5. The summed E-state index contributed by atoms with van der Waals surface area (Å²) in [6, 6.07) is -0.134. The van der Waals surface area contributed by atoms with Gasteiger partial charge < -0.3 is 20.6 Å². The van der Waals surface area contributed by atoms with Crippen LogP contribution in [0.5, 0.6) is 0 Å². The maximum atomic E-state index is 12.6. The van der Waals surface area contributed by atoms with Gasteiger partial charge in [0.25, 0.3) is 0 Å². The van der Waals surface area contributed by atoms with Gasteiger partial charge in [-0.05, 0) is 116 Å². The largest absolute Gasteiger partial charge is 0.393 e. The van der Waals surface area contributed by atoms with Gasteiger partial charge in [0.05, 0.1) is 18.3 Å². The lowest BCUT2D eigenvalue weighted by Gasteiger charge is -2.65. The summed E-state index contributed by atoms with van der Waals surface area (Å²) in [7, 11) is 0. The number of carbonyl (C=O) groups is 1. The first-order valence-corrected chi connectivity index (χ1v) is 18.7. The molecule has 0 aromatic rings. The maximum absolute atomic E-state index is 12.6. The first-order chi connectivity index (χ1) is 20.4. The van der Waals surface area contributed by atoms with E-state index in [2.05, 4.69) is 62.8 Å². The maximum Gasteiger partial charge on any atom is 0.325 e. The summed E-state index contributed by atoms with van der Waals surface area (Å²) in [6.45, 7) is 18.4. The zero-order valence-electron chi connectivity index (χ0n) is 28.4. The number of nitrogens with zero attached hydrogens (tertiary/aromatic N) is 1. The monoisotopic (exact) mass is 623 g/mol. The molecule has 0 aromatic heterocycles. The molecule has 4 unspecified atom stereocenters. The molecule has 4 fully saturated rings. The van der Waals surface area contributed by atoms with Gasteiger partial charge in [-0.2, -0.15) is 0 Å². The van der Waals surface area contributed by atoms with Gasteiger partial charge in [0.2, 0.25) is 0 Å². The van der Waals surface area contributed by atoms with Crippen LogP contribution in [0.1, 0.15) is 119 Å². The molecule has 250 valence electrons. The zero-order valence-corrected chi connectivity index (χ0v) is 29.2. The fraction of sp³-hybridized carbons (Fsp3) is 0.971. The molecule has 0 spiro atoms. The lowest BCUT2D eigenvalue weighted by atomic mass is 9.41. The second-order valence-electron chi connectivity index (χ2n) is 15.6. The molecule has 0 aromatic carbocycles. The van der Waals surface area contributed by atoms with Crippen molar-refractivity contribution in [2.24, 2.45) is 58.2 Å². The van der Waals surface area contributed by atoms with Crippen LogP contribution in [0.3, 0.4) is 0 Å². The van der Waals surface area contributed by atoms with Gasteiger partial charge in [-0.1, -0.05) is 61.3 Å². The predicted molar refractivity (Wildman–Crippen MR) is 177 cm³/mol. The molecule has 4 aliphatic carbocycles. The minimum atomic E-state index is -0.378. The Labute approximate surface area is 267 Å². The molecule has 0 saturated heterocycles. The third-order valence-corrected chi connectivity index (χ3v) is 14.5. The van der Waals surface area contributed by atoms with Crippen LogP contribution in [0.15, 0.2) is 0 Å². The Balaban J connectivity index is 1.33. The molecule has 43 heavy (non-hydrogen) atoms. The van der Waals surface area contributed by atoms with Crippen molar-refractivity contribution >= 4 is 18.2 Å². The van der Waals surface area contributed by atoms with Crippen LogP contribution in [0.2, 0.25) is 0 Å². The summed E-state index contributed by atoms with van der Waals surface area (Å²) in [5.41, 5.74) is -0.140. The van der Waals surface area contributed by atoms with Crippen molar-refractivity contribution in [1.29, 1.82) is 0 Å². The molecule has 4 saturated carbocycles. The van der Waals surface area contributed by atoms with E-state index >= 15 is 0 Å². The number of hydrogen-bond acceptors (Lipinski definition) is 6. The molecular formula is C35H65N3O4S. The minimum Gasteiger partial charge on any atom is -0.393 e. The predicted octanol–water partition coefficient (Wildman–Crippen LogP) is 6.62. The van der Waals surface area contributed by atoms with E-state index in [1.807, 2.05) is 0 Å². The number of amides is 2. The fourth-order valence-corrected chi connectivity index (χ4v) is 11.4. The van der Waals surface area contributed by atoms with Gasteiger partial charge in [0.1, 0.15) is 0 Å². The lowest BCUT2D eigenvalue weighted by molar-refractivity contribution is -0.228. The molecule has 0 aliphatic heterocycles. The molecule has 8 heteroatoms. The van der Waals surface area contributed by atoms with Crippen molar-refractivity contribution in [3.8, 4) is 0 Å². The Kier molecular flexibility index (Phi) is 12.2. The van der Waals surface area contributed by atoms with Crippen LogP contribution < -0.4 is 10.0 Å². The van der Waals surface area contributed by atoms with Crippen LogP contribution in [-0.2, 0) is 0 Å². The number of aliphatic hydroxyl groups excluding tert-OH is 3. The number of rotatable bonds is 13. The molecule has 5 N–H and O–H groups in total. The fourth-order valence-electron chi connectivity index (χ4n) is 10.7. The molecule has 4 rings (SSSR count). The highest BCUT2D eigenvalue weighted by molar-refractivity contribution is 7.95. The number of nitrogens with one attached hydrogen (secondary N) is 2. The van der Waals surface area contributed by atoms with E-state index < -0.39 is 0 Å². The van der Waals surface area contributed by atoms with E-state index in [1.54, 1.807) is 0 Å². The average molecular weight is 624 g/mol. The smallest absolute Gasteiger partial charge is 0.325 e. The highest BCUT2D eigenvalue weighted by atomic mass is 32.2. The first kappa shape index (κ1) is 35.3. The van der Waals surface area contributed by atoms with Crippen LogP contribution in [0, 0.1) is 58.2 Å². The molecule has 4 aliphatic rings. The first-order valence-electron chi connectivity index (χ1n) is 17.9. The molecule has 0 radical (unpaired) electrons. The number of aliphatic hydroxyl groups is 3. The summed E-state index contributed by atoms with van der Waals surface area (Å²) in [4.78, 5) is 12.6. The Morgan fingerprint density at radius 1 is 1.00 bits per heavy atom. The Bertz CT molecular complexity index is 910. The van der Waals surface area contributed by atoms with Crippen LogP contribution >= 0.6 is 12.1 Å². The number of carbonyl (C=O) groups excluding carboxylic acids is 1. The standard InChI is InChI=1S/C35H65N3O4S/c1-8-22(4)12-11-19-38(10-3)43-37-33(42)36-18-16-23(5)26-13-14-27-31-29(21-30(40)35(26,27)7)34(6)17-15-24(39)20-28(34)25(9-2)32(31)41/h22-32,39-41H,8-21H2,1-7H3,(H2,36,37,42)/t22?,23-,24-,25-,26-,27+,28?,29+,30+,31?,32-,34?,35-/m1/s1. The normalized spacial score (nSPS) is 42.1. The molecule has 0 heterocycles. The highest BCUT2D eigenvalue weighted by Crippen LogP contribution is 2.69. The molecule has 7 nitrogen and oxygen atoms in total. The Morgan fingerprint density at radius 2 is 1.74 bits per heavy atom. The van der Waals surface area contributed by atoms with E-state index in [1.165, 1.54) is 25.0 Å². The summed E-state index contributed by atoms with van der Waals surface area (Å²) < 4.78 is 5.18. The summed E-state index contributed by atoms with van der Waals surface area (Å²) in [5, 5.41) is 37.5. The third kappa shape index (κ3) is 7.08. The van der Waals surface area contributed by atoms with Crippen molar-refractivity contribution in [1.82, 2.24) is 14.3 Å². The Morgan fingerprint density at radius 3 is 2.42 bits per heavy atom. The van der Waals surface area contributed by atoms with Gasteiger partial charge in [0, 0.05) is 31.8 Å².